The molecule has 2 heteroatoms. The van der Waals surface area contributed by atoms with E-state index >= 15 is 0 Å². The summed E-state index contributed by atoms with van der Waals surface area (Å²) in [5.74, 6) is 0. The van der Waals surface area contributed by atoms with Crippen LogP contribution in [0, 0.1) is 6.92 Å². The molecule has 1 nitrogen and oxygen atoms in total. The van der Waals surface area contributed by atoms with Crippen LogP contribution >= 0.6 is 11.6 Å². The van der Waals surface area contributed by atoms with Crippen LogP contribution in [0.5, 0.6) is 0 Å². The topological polar surface area (TPSA) is 12.9 Å². The molecule has 0 aliphatic carbocycles. The number of halogens is 1. The Morgan fingerprint density at radius 3 is 2.75 bits per heavy atom. The minimum absolute atomic E-state index is 0.556. The second kappa shape index (κ2) is 3.46. The van der Waals surface area contributed by atoms with E-state index in [4.69, 9.17) is 11.6 Å². The quantitative estimate of drug-likeness (QED) is 0.411. The molecule has 1 heterocycles. The van der Waals surface area contributed by atoms with Crippen molar-refractivity contribution in [2.45, 2.75) is 6.92 Å². The van der Waals surface area contributed by atoms with Crippen molar-refractivity contribution in [3.05, 3.63) is 53.2 Å². The minimum atomic E-state index is 0.556. The molecule has 1 aromatic heterocycles. The Labute approximate surface area is 98.7 Å². The number of fused-ring (bicyclic) bond motifs is 3. The number of pyridine rings is 1. The normalized spacial score (nSPS) is 11.1. The van der Waals surface area contributed by atoms with Crippen molar-refractivity contribution in [3.63, 3.8) is 0 Å². The second-order valence-electron chi connectivity index (χ2n) is 3.94. The van der Waals surface area contributed by atoms with Gasteiger partial charge < -0.3 is 0 Å². The second-order valence-corrected chi connectivity index (χ2v) is 4.33. The molecule has 16 heavy (non-hydrogen) atoms. The molecule has 0 fully saturated rings. The highest BCUT2D eigenvalue weighted by Gasteiger charge is 2.05. The van der Waals surface area contributed by atoms with E-state index in [9.17, 15) is 0 Å². The van der Waals surface area contributed by atoms with Crippen LogP contribution in [0.2, 0.25) is 5.15 Å². The molecule has 0 saturated heterocycles. The van der Waals surface area contributed by atoms with Gasteiger partial charge in [-0.15, -0.1) is 0 Å². The van der Waals surface area contributed by atoms with Gasteiger partial charge >= 0.3 is 0 Å². The van der Waals surface area contributed by atoms with Gasteiger partial charge in [-0.1, -0.05) is 41.9 Å². The number of benzene rings is 2. The lowest BCUT2D eigenvalue weighted by atomic mass is 10.0. The zero-order valence-electron chi connectivity index (χ0n) is 8.87. The molecule has 3 aromatic rings. The number of hydrogen-bond donors (Lipinski definition) is 0. The van der Waals surface area contributed by atoms with Crippen molar-refractivity contribution in [3.8, 4) is 0 Å². The van der Waals surface area contributed by atoms with Gasteiger partial charge in [0.25, 0.3) is 0 Å². The minimum Gasteiger partial charge on any atom is -0.236 e. The van der Waals surface area contributed by atoms with Crippen molar-refractivity contribution >= 4 is 33.3 Å². The van der Waals surface area contributed by atoms with E-state index in [0.29, 0.717) is 5.15 Å². The predicted molar refractivity (Wildman–Crippen MR) is 69.0 cm³/mol. The lowest BCUT2D eigenvalue weighted by molar-refractivity contribution is 1.37. The molecule has 0 amide bonds. The van der Waals surface area contributed by atoms with Gasteiger partial charge in [0, 0.05) is 5.39 Å². The smallest absolute Gasteiger partial charge is 0.130 e. The third-order valence-corrected chi connectivity index (χ3v) is 3.06. The van der Waals surface area contributed by atoms with Gasteiger partial charge in [0.1, 0.15) is 5.15 Å². The summed E-state index contributed by atoms with van der Waals surface area (Å²) in [5, 5.41) is 4.23. The summed E-state index contributed by atoms with van der Waals surface area (Å²) >= 11 is 5.96. The Bertz CT molecular complexity index is 689. The summed E-state index contributed by atoms with van der Waals surface area (Å²) in [5.41, 5.74) is 2.13. The Kier molecular flexibility index (Phi) is 2.08. The SMILES string of the molecule is Cc1cc(Cl)nc2ccc3ccccc3c12. The van der Waals surface area contributed by atoms with Crippen molar-refractivity contribution in [1.82, 2.24) is 4.98 Å². The fourth-order valence-electron chi connectivity index (χ4n) is 2.17. The first-order chi connectivity index (χ1) is 7.75. The fourth-order valence-corrected chi connectivity index (χ4v) is 2.42. The lowest BCUT2D eigenvalue weighted by Gasteiger charge is -2.06. The highest BCUT2D eigenvalue weighted by Crippen LogP contribution is 2.28. The molecule has 0 atom stereocenters. The molecule has 0 bridgehead atoms. The molecule has 2 aromatic carbocycles. The lowest BCUT2D eigenvalue weighted by Crippen LogP contribution is -1.86. The van der Waals surface area contributed by atoms with E-state index in [-0.39, 0.29) is 0 Å². The zero-order chi connectivity index (χ0) is 11.1. The molecule has 0 saturated carbocycles. The van der Waals surface area contributed by atoms with Gasteiger partial charge in [0.2, 0.25) is 0 Å². The number of rotatable bonds is 0. The molecular formula is C14H10ClN. The molecule has 0 unspecified atom stereocenters. The molecule has 3 rings (SSSR count). The Morgan fingerprint density at radius 2 is 1.88 bits per heavy atom. The average molecular weight is 228 g/mol. The van der Waals surface area contributed by atoms with Gasteiger partial charge in [-0.3, -0.25) is 0 Å². The van der Waals surface area contributed by atoms with Crippen LogP contribution in [0.25, 0.3) is 21.7 Å². The van der Waals surface area contributed by atoms with E-state index < -0.39 is 0 Å². The molecular weight excluding hydrogens is 218 g/mol. The van der Waals surface area contributed by atoms with Crippen molar-refractivity contribution in [2.24, 2.45) is 0 Å². The summed E-state index contributed by atoms with van der Waals surface area (Å²) in [4.78, 5) is 4.35. The van der Waals surface area contributed by atoms with Crippen LogP contribution in [0.3, 0.4) is 0 Å². The van der Waals surface area contributed by atoms with Crippen molar-refractivity contribution < 1.29 is 0 Å². The molecule has 0 aliphatic heterocycles. The maximum absolute atomic E-state index is 5.96. The van der Waals surface area contributed by atoms with Gasteiger partial charge in [-0.05, 0) is 35.4 Å². The highest BCUT2D eigenvalue weighted by molar-refractivity contribution is 6.30. The predicted octanol–water partition coefficient (Wildman–Crippen LogP) is 4.35. The first kappa shape index (κ1) is 9.61. The monoisotopic (exact) mass is 227 g/mol. The Balaban J connectivity index is 2.60. The van der Waals surface area contributed by atoms with Gasteiger partial charge in [0.05, 0.1) is 5.52 Å². The molecule has 0 spiro atoms. The van der Waals surface area contributed by atoms with E-state index in [1.54, 1.807) is 0 Å². The number of hydrogen-bond acceptors (Lipinski definition) is 1. The first-order valence-corrected chi connectivity index (χ1v) is 5.58. The summed E-state index contributed by atoms with van der Waals surface area (Å²) < 4.78 is 0. The maximum Gasteiger partial charge on any atom is 0.130 e. The third-order valence-electron chi connectivity index (χ3n) is 2.86. The van der Waals surface area contributed by atoms with E-state index in [1.807, 2.05) is 18.2 Å². The standard InChI is InChI=1S/C14H10ClN/c1-9-8-13(15)16-12-7-6-10-4-2-3-5-11(10)14(9)12/h2-8H,1H3. The van der Waals surface area contributed by atoms with Crippen LogP contribution in [0.4, 0.5) is 0 Å². The summed E-state index contributed by atoms with van der Waals surface area (Å²) in [7, 11) is 0. The first-order valence-electron chi connectivity index (χ1n) is 5.20. The summed E-state index contributed by atoms with van der Waals surface area (Å²) in [6.07, 6.45) is 0. The van der Waals surface area contributed by atoms with Crippen LogP contribution in [0.15, 0.2) is 42.5 Å². The Hall–Kier alpha value is -1.60. The van der Waals surface area contributed by atoms with E-state index in [0.717, 1.165) is 5.52 Å². The number of aryl methyl sites for hydroxylation is 1. The molecule has 0 N–H and O–H groups in total. The van der Waals surface area contributed by atoms with Gasteiger partial charge in [-0.2, -0.15) is 0 Å². The zero-order valence-corrected chi connectivity index (χ0v) is 9.62. The van der Waals surface area contributed by atoms with E-state index in [2.05, 4.69) is 36.2 Å². The van der Waals surface area contributed by atoms with Crippen LogP contribution < -0.4 is 0 Å². The average Bonchev–Trinajstić information content (AvgIpc) is 2.28. The molecule has 0 aliphatic rings. The van der Waals surface area contributed by atoms with Crippen LogP contribution in [-0.4, -0.2) is 4.98 Å². The highest BCUT2D eigenvalue weighted by atomic mass is 35.5. The van der Waals surface area contributed by atoms with Crippen molar-refractivity contribution in [1.29, 1.82) is 0 Å². The maximum atomic E-state index is 5.96. The molecule has 78 valence electrons. The largest absolute Gasteiger partial charge is 0.236 e. The summed E-state index contributed by atoms with van der Waals surface area (Å²) in [6, 6.07) is 14.4. The number of nitrogens with zero attached hydrogens (tertiary/aromatic N) is 1. The Morgan fingerprint density at radius 1 is 1.06 bits per heavy atom. The van der Waals surface area contributed by atoms with Crippen LogP contribution in [0.1, 0.15) is 5.56 Å². The van der Waals surface area contributed by atoms with E-state index in [1.165, 1.54) is 21.7 Å². The fraction of sp³-hybridized carbons (Fsp3) is 0.0714. The van der Waals surface area contributed by atoms with Gasteiger partial charge in [-0.25, -0.2) is 4.98 Å². The third kappa shape index (κ3) is 1.36. The summed E-state index contributed by atoms with van der Waals surface area (Å²) in [6.45, 7) is 2.07. The van der Waals surface area contributed by atoms with Crippen LogP contribution in [-0.2, 0) is 0 Å². The van der Waals surface area contributed by atoms with Gasteiger partial charge in [0.15, 0.2) is 0 Å². The van der Waals surface area contributed by atoms with Crippen molar-refractivity contribution in [2.75, 3.05) is 0 Å². The number of aromatic nitrogens is 1. The molecule has 0 radical (unpaired) electrons.